The van der Waals surface area contributed by atoms with Gasteiger partial charge in [0.05, 0.1) is 6.04 Å². The van der Waals surface area contributed by atoms with E-state index in [-0.39, 0.29) is 11.9 Å². The molecule has 1 unspecified atom stereocenters. The summed E-state index contributed by atoms with van der Waals surface area (Å²) in [6.07, 6.45) is 3.26. The van der Waals surface area contributed by atoms with E-state index in [1.807, 2.05) is 6.92 Å². The molecule has 0 aliphatic heterocycles. The SMILES string of the molecule is CC(c1ncccc1F)n1ccc(N)n1. The first-order valence-corrected chi connectivity index (χ1v) is 4.59. The molecule has 0 fully saturated rings. The van der Waals surface area contributed by atoms with Crippen molar-refractivity contribution in [3.8, 4) is 0 Å². The number of halogens is 1. The van der Waals surface area contributed by atoms with Gasteiger partial charge < -0.3 is 5.73 Å². The molecule has 0 amide bonds. The fourth-order valence-electron chi connectivity index (χ4n) is 1.40. The Hall–Kier alpha value is -1.91. The third kappa shape index (κ3) is 1.81. The van der Waals surface area contributed by atoms with Gasteiger partial charge in [-0.15, -0.1) is 0 Å². The number of pyridine rings is 1. The van der Waals surface area contributed by atoms with Gasteiger partial charge in [0.25, 0.3) is 0 Å². The van der Waals surface area contributed by atoms with Crippen molar-refractivity contribution in [2.75, 3.05) is 5.73 Å². The van der Waals surface area contributed by atoms with Crippen LogP contribution in [0.1, 0.15) is 18.7 Å². The molecule has 2 aromatic heterocycles. The van der Waals surface area contributed by atoms with Crippen LogP contribution in [0.25, 0.3) is 0 Å². The first kappa shape index (κ1) is 9.64. The van der Waals surface area contributed by atoms with Crippen LogP contribution in [0.15, 0.2) is 30.6 Å². The molecule has 2 rings (SSSR count). The van der Waals surface area contributed by atoms with E-state index in [4.69, 9.17) is 5.73 Å². The average Bonchev–Trinajstić information content (AvgIpc) is 2.65. The van der Waals surface area contributed by atoms with E-state index in [0.29, 0.717) is 11.5 Å². The van der Waals surface area contributed by atoms with E-state index in [1.165, 1.54) is 6.07 Å². The number of rotatable bonds is 2. The van der Waals surface area contributed by atoms with Crippen molar-refractivity contribution in [3.05, 3.63) is 42.1 Å². The van der Waals surface area contributed by atoms with Crippen molar-refractivity contribution < 1.29 is 4.39 Å². The number of hydrogen-bond donors (Lipinski definition) is 1. The van der Waals surface area contributed by atoms with E-state index >= 15 is 0 Å². The van der Waals surface area contributed by atoms with Gasteiger partial charge in [0, 0.05) is 12.4 Å². The maximum atomic E-state index is 13.4. The highest BCUT2D eigenvalue weighted by Crippen LogP contribution is 2.17. The summed E-state index contributed by atoms with van der Waals surface area (Å²) in [6.45, 7) is 1.82. The molecule has 78 valence electrons. The minimum atomic E-state index is -0.334. The summed E-state index contributed by atoms with van der Waals surface area (Å²) in [7, 11) is 0. The predicted molar refractivity (Wildman–Crippen MR) is 54.6 cm³/mol. The van der Waals surface area contributed by atoms with E-state index in [2.05, 4.69) is 10.1 Å². The Bertz CT molecular complexity index is 466. The van der Waals surface area contributed by atoms with Gasteiger partial charge in [-0.2, -0.15) is 5.10 Å². The standard InChI is InChI=1S/C10H11FN4/c1-7(15-6-4-9(12)14-15)10-8(11)3-2-5-13-10/h2-7H,1H3,(H2,12,14). The quantitative estimate of drug-likeness (QED) is 0.812. The number of anilines is 1. The summed E-state index contributed by atoms with van der Waals surface area (Å²) in [4.78, 5) is 3.99. The topological polar surface area (TPSA) is 56.7 Å². The van der Waals surface area contributed by atoms with Gasteiger partial charge in [0.2, 0.25) is 0 Å². The van der Waals surface area contributed by atoms with Crippen LogP contribution in [0, 0.1) is 5.82 Å². The second-order valence-electron chi connectivity index (χ2n) is 3.27. The number of nitrogens with zero attached hydrogens (tertiary/aromatic N) is 3. The van der Waals surface area contributed by atoms with Crippen molar-refractivity contribution in [2.45, 2.75) is 13.0 Å². The molecule has 0 radical (unpaired) electrons. The van der Waals surface area contributed by atoms with Gasteiger partial charge in [0.15, 0.2) is 0 Å². The first-order chi connectivity index (χ1) is 7.18. The molecular formula is C10H11FN4. The highest BCUT2D eigenvalue weighted by atomic mass is 19.1. The zero-order chi connectivity index (χ0) is 10.8. The van der Waals surface area contributed by atoms with Crippen LogP contribution in [0.2, 0.25) is 0 Å². The van der Waals surface area contributed by atoms with Crippen LogP contribution in [0.4, 0.5) is 10.2 Å². The summed E-state index contributed by atoms with van der Waals surface area (Å²) in [5.41, 5.74) is 5.85. The fourth-order valence-corrected chi connectivity index (χ4v) is 1.40. The summed E-state index contributed by atoms with van der Waals surface area (Å²) < 4.78 is 15.0. The Balaban J connectivity index is 2.36. The molecule has 15 heavy (non-hydrogen) atoms. The van der Waals surface area contributed by atoms with Crippen LogP contribution < -0.4 is 5.73 Å². The summed E-state index contributed by atoms with van der Waals surface area (Å²) in [5, 5.41) is 4.02. The molecule has 0 bridgehead atoms. The molecule has 0 aliphatic carbocycles. The lowest BCUT2D eigenvalue weighted by Gasteiger charge is -2.11. The average molecular weight is 206 g/mol. The van der Waals surface area contributed by atoms with Gasteiger partial charge in [-0.3, -0.25) is 9.67 Å². The van der Waals surface area contributed by atoms with Crippen LogP contribution in [-0.2, 0) is 0 Å². The zero-order valence-corrected chi connectivity index (χ0v) is 8.26. The normalized spacial score (nSPS) is 12.7. The van der Waals surface area contributed by atoms with Gasteiger partial charge in [-0.1, -0.05) is 0 Å². The lowest BCUT2D eigenvalue weighted by atomic mass is 10.2. The maximum absolute atomic E-state index is 13.4. The van der Waals surface area contributed by atoms with Crippen LogP contribution in [0.3, 0.4) is 0 Å². The highest BCUT2D eigenvalue weighted by Gasteiger charge is 2.14. The summed E-state index contributed by atoms with van der Waals surface area (Å²) >= 11 is 0. The number of aromatic nitrogens is 3. The molecule has 0 spiro atoms. The Labute approximate surface area is 86.6 Å². The van der Waals surface area contributed by atoms with Crippen molar-refractivity contribution in [3.63, 3.8) is 0 Å². The summed E-state index contributed by atoms with van der Waals surface area (Å²) in [5.74, 6) is 0.0808. The molecule has 0 aromatic carbocycles. The molecule has 4 nitrogen and oxygen atoms in total. The molecule has 0 aliphatic rings. The van der Waals surface area contributed by atoms with Gasteiger partial charge in [-0.05, 0) is 25.1 Å². The minimum Gasteiger partial charge on any atom is -0.382 e. The lowest BCUT2D eigenvalue weighted by Crippen LogP contribution is -2.11. The second-order valence-corrected chi connectivity index (χ2v) is 3.27. The smallest absolute Gasteiger partial charge is 0.146 e. The number of nitrogens with two attached hydrogens (primary N) is 1. The molecule has 2 heterocycles. The second kappa shape index (κ2) is 3.68. The van der Waals surface area contributed by atoms with Crippen molar-refractivity contribution >= 4 is 5.82 Å². The fraction of sp³-hybridized carbons (Fsp3) is 0.200. The summed E-state index contributed by atoms with van der Waals surface area (Å²) in [6, 6.07) is 4.34. The van der Waals surface area contributed by atoms with E-state index in [1.54, 1.807) is 29.2 Å². The molecule has 2 N–H and O–H groups in total. The van der Waals surface area contributed by atoms with Crippen LogP contribution in [0.5, 0.6) is 0 Å². The monoisotopic (exact) mass is 206 g/mol. The van der Waals surface area contributed by atoms with Crippen molar-refractivity contribution in [1.82, 2.24) is 14.8 Å². The molecule has 5 heteroatoms. The minimum absolute atomic E-state index is 0.261. The molecule has 0 saturated carbocycles. The van der Waals surface area contributed by atoms with Crippen molar-refractivity contribution in [1.29, 1.82) is 0 Å². The molecule has 0 saturated heterocycles. The Morgan fingerprint density at radius 1 is 1.47 bits per heavy atom. The van der Waals surface area contributed by atoms with Crippen LogP contribution >= 0.6 is 0 Å². The molecular weight excluding hydrogens is 195 g/mol. The van der Waals surface area contributed by atoms with E-state index < -0.39 is 0 Å². The third-order valence-electron chi connectivity index (χ3n) is 2.21. The first-order valence-electron chi connectivity index (χ1n) is 4.59. The Morgan fingerprint density at radius 2 is 2.27 bits per heavy atom. The largest absolute Gasteiger partial charge is 0.382 e. The van der Waals surface area contributed by atoms with Crippen LogP contribution in [-0.4, -0.2) is 14.8 Å². The maximum Gasteiger partial charge on any atom is 0.146 e. The predicted octanol–water partition coefficient (Wildman–Crippen LogP) is 1.61. The third-order valence-corrected chi connectivity index (χ3v) is 2.21. The number of hydrogen-bond acceptors (Lipinski definition) is 3. The molecule has 2 aromatic rings. The molecule has 1 atom stereocenters. The van der Waals surface area contributed by atoms with Gasteiger partial charge >= 0.3 is 0 Å². The van der Waals surface area contributed by atoms with E-state index in [9.17, 15) is 4.39 Å². The number of nitrogen functional groups attached to an aromatic ring is 1. The Morgan fingerprint density at radius 3 is 2.87 bits per heavy atom. The van der Waals surface area contributed by atoms with Gasteiger partial charge in [-0.25, -0.2) is 4.39 Å². The van der Waals surface area contributed by atoms with Crippen molar-refractivity contribution in [2.24, 2.45) is 0 Å². The van der Waals surface area contributed by atoms with Gasteiger partial charge in [0.1, 0.15) is 17.3 Å². The zero-order valence-electron chi connectivity index (χ0n) is 8.26. The Kier molecular flexibility index (Phi) is 2.37. The lowest BCUT2D eigenvalue weighted by molar-refractivity contribution is 0.506. The highest BCUT2D eigenvalue weighted by molar-refractivity contribution is 5.25. The van der Waals surface area contributed by atoms with E-state index in [0.717, 1.165) is 0 Å².